The molecule has 0 bridgehead atoms. The molecule has 2 aromatic rings. The molecule has 27 heavy (non-hydrogen) atoms. The van der Waals surface area contributed by atoms with Crippen molar-refractivity contribution in [2.45, 2.75) is 25.4 Å². The van der Waals surface area contributed by atoms with Crippen LogP contribution in [0.5, 0.6) is 5.75 Å². The SMILES string of the molecule is COc1ccc(N2CCC(NC(=O)NCc3ccc(Br)cc3Cl)CC2)cc1. The Morgan fingerprint density at radius 2 is 1.93 bits per heavy atom. The number of methoxy groups -OCH3 is 1. The van der Waals surface area contributed by atoms with Gasteiger partial charge in [0.2, 0.25) is 0 Å². The van der Waals surface area contributed by atoms with E-state index >= 15 is 0 Å². The number of amides is 2. The molecule has 3 rings (SSSR count). The van der Waals surface area contributed by atoms with Crippen molar-refractivity contribution in [3.8, 4) is 5.75 Å². The topological polar surface area (TPSA) is 53.6 Å². The Balaban J connectivity index is 1.43. The van der Waals surface area contributed by atoms with Crippen molar-refractivity contribution in [3.63, 3.8) is 0 Å². The van der Waals surface area contributed by atoms with Crippen molar-refractivity contribution in [3.05, 3.63) is 57.5 Å². The molecule has 0 aliphatic carbocycles. The number of halogens is 2. The van der Waals surface area contributed by atoms with Gasteiger partial charge < -0.3 is 20.3 Å². The van der Waals surface area contributed by atoms with E-state index in [2.05, 4.69) is 43.6 Å². The number of carbonyl (C=O) groups is 1. The summed E-state index contributed by atoms with van der Waals surface area (Å²) in [7, 11) is 1.67. The Hall–Kier alpha value is -1.92. The molecular formula is C20H23BrClN3O2. The van der Waals surface area contributed by atoms with Gasteiger partial charge in [-0.2, -0.15) is 0 Å². The minimum atomic E-state index is -0.156. The zero-order chi connectivity index (χ0) is 19.2. The molecule has 0 unspecified atom stereocenters. The number of piperidine rings is 1. The summed E-state index contributed by atoms with van der Waals surface area (Å²) in [5, 5.41) is 6.58. The number of carbonyl (C=O) groups excluding carboxylic acids is 1. The lowest BCUT2D eigenvalue weighted by molar-refractivity contribution is 0.234. The third-order valence-corrected chi connectivity index (χ3v) is 5.57. The minimum Gasteiger partial charge on any atom is -0.497 e. The summed E-state index contributed by atoms with van der Waals surface area (Å²) in [6.45, 7) is 2.23. The van der Waals surface area contributed by atoms with E-state index in [4.69, 9.17) is 16.3 Å². The summed E-state index contributed by atoms with van der Waals surface area (Å²) < 4.78 is 6.12. The fourth-order valence-corrected chi connectivity index (χ4v) is 3.89. The standard InChI is InChI=1S/C20H23BrClN3O2/c1-27-18-6-4-17(5-7-18)25-10-8-16(9-11-25)24-20(26)23-13-14-2-3-15(21)12-19(14)22/h2-7,12,16H,8-11,13H2,1H3,(H2,23,24,26). The fourth-order valence-electron chi connectivity index (χ4n) is 3.15. The number of nitrogens with one attached hydrogen (secondary N) is 2. The summed E-state index contributed by atoms with van der Waals surface area (Å²) >= 11 is 9.56. The number of nitrogens with zero attached hydrogens (tertiary/aromatic N) is 1. The van der Waals surface area contributed by atoms with Crippen LogP contribution >= 0.6 is 27.5 Å². The van der Waals surface area contributed by atoms with Gasteiger partial charge >= 0.3 is 6.03 Å². The molecule has 2 N–H and O–H groups in total. The second kappa shape index (κ2) is 9.33. The molecule has 1 aliphatic heterocycles. The highest BCUT2D eigenvalue weighted by molar-refractivity contribution is 9.10. The van der Waals surface area contributed by atoms with Crippen LogP contribution in [0.1, 0.15) is 18.4 Å². The molecule has 0 aromatic heterocycles. The molecule has 0 saturated carbocycles. The molecule has 0 atom stereocenters. The monoisotopic (exact) mass is 451 g/mol. The maximum Gasteiger partial charge on any atom is 0.315 e. The van der Waals surface area contributed by atoms with Crippen molar-refractivity contribution in [2.24, 2.45) is 0 Å². The van der Waals surface area contributed by atoms with E-state index < -0.39 is 0 Å². The van der Waals surface area contributed by atoms with Crippen molar-refractivity contribution in [1.82, 2.24) is 10.6 Å². The highest BCUT2D eigenvalue weighted by Crippen LogP contribution is 2.23. The normalized spacial score (nSPS) is 14.7. The first-order valence-corrected chi connectivity index (χ1v) is 10.1. The highest BCUT2D eigenvalue weighted by Gasteiger charge is 2.21. The summed E-state index contributed by atoms with van der Waals surface area (Å²) in [6, 6.07) is 13.8. The van der Waals surface area contributed by atoms with E-state index in [-0.39, 0.29) is 12.1 Å². The zero-order valence-electron chi connectivity index (χ0n) is 15.2. The van der Waals surface area contributed by atoms with Gasteiger partial charge in [-0.3, -0.25) is 0 Å². The number of benzene rings is 2. The molecule has 5 nitrogen and oxygen atoms in total. The lowest BCUT2D eigenvalue weighted by atomic mass is 10.0. The van der Waals surface area contributed by atoms with Crippen LogP contribution in [-0.4, -0.2) is 32.3 Å². The summed E-state index contributed by atoms with van der Waals surface area (Å²) in [6.07, 6.45) is 1.83. The molecule has 2 aromatic carbocycles. The predicted octanol–water partition coefficient (Wildman–Crippen LogP) is 4.58. The number of urea groups is 1. The van der Waals surface area contributed by atoms with Crippen LogP contribution in [0.2, 0.25) is 5.02 Å². The first-order valence-electron chi connectivity index (χ1n) is 8.92. The summed E-state index contributed by atoms with van der Waals surface area (Å²) in [5.41, 5.74) is 2.08. The second-order valence-electron chi connectivity index (χ2n) is 6.52. The summed E-state index contributed by atoms with van der Waals surface area (Å²) in [5.74, 6) is 0.859. The molecule has 1 aliphatic rings. The van der Waals surface area contributed by atoms with Crippen molar-refractivity contribution < 1.29 is 9.53 Å². The molecule has 1 heterocycles. The Morgan fingerprint density at radius 3 is 2.56 bits per heavy atom. The highest BCUT2D eigenvalue weighted by atomic mass is 79.9. The smallest absolute Gasteiger partial charge is 0.315 e. The third-order valence-electron chi connectivity index (χ3n) is 4.72. The van der Waals surface area contributed by atoms with Crippen molar-refractivity contribution in [1.29, 1.82) is 0 Å². The van der Waals surface area contributed by atoms with E-state index in [1.165, 1.54) is 5.69 Å². The molecule has 0 spiro atoms. The van der Waals surface area contributed by atoms with Crippen LogP contribution in [0.4, 0.5) is 10.5 Å². The van der Waals surface area contributed by atoms with E-state index in [0.717, 1.165) is 41.7 Å². The molecule has 7 heteroatoms. The van der Waals surface area contributed by atoms with Crippen LogP contribution in [0, 0.1) is 0 Å². The van der Waals surface area contributed by atoms with Gasteiger partial charge in [-0.05, 0) is 54.8 Å². The van der Waals surface area contributed by atoms with Crippen LogP contribution in [-0.2, 0) is 6.54 Å². The van der Waals surface area contributed by atoms with Crippen molar-refractivity contribution >= 4 is 39.2 Å². The number of hydrogen-bond acceptors (Lipinski definition) is 3. The van der Waals surface area contributed by atoms with Crippen LogP contribution in [0.3, 0.4) is 0 Å². The van der Waals surface area contributed by atoms with Crippen LogP contribution in [0.25, 0.3) is 0 Å². The van der Waals surface area contributed by atoms with Gasteiger partial charge in [0.05, 0.1) is 7.11 Å². The van der Waals surface area contributed by atoms with Gasteiger partial charge in [-0.15, -0.1) is 0 Å². The molecular weight excluding hydrogens is 430 g/mol. The first kappa shape index (κ1) is 19.8. The third kappa shape index (κ3) is 5.53. The number of anilines is 1. The first-order chi connectivity index (χ1) is 13.0. The Kier molecular flexibility index (Phi) is 6.85. The van der Waals surface area contributed by atoms with Crippen LogP contribution < -0.4 is 20.3 Å². The number of hydrogen-bond donors (Lipinski definition) is 2. The van der Waals surface area contributed by atoms with Gasteiger partial charge in [-0.1, -0.05) is 33.6 Å². The van der Waals surface area contributed by atoms with Gasteiger partial charge in [0.15, 0.2) is 0 Å². The van der Waals surface area contributed by atoms with E-state index in [1.54, 1.807) is 7.11 Å². The molecule has 0 radical (unpaired) electrons. The fraction of sp³-hybridized carbons (Fsp3) is 0.350. The van der Waals surface area contributed by atoms with Gasteiger partial charge in [0, 0.05) is 40.9 Å². The van der Waals surface area contributed by atoms with E-state index in [1.807, 2.05) is 30.3 Å². The Morgan fingerprint density at radius 1 is 1.22 bits per heavy atom. The minimum absolute atomic E-state index is 0.156. The van der Waals surface area contributed by atoms with Gasteiger partial charge in [0.1, 0.15) is 5.75 Å². The number of ether oxygens (including phenoxy) is 1. The van der Waals surface area contributed by atoms with Crippen molar-refractivity contribution in [2.75, 3.05) is 25.1 Å². The zero-order valence-corrected chi connectivity index (χ0v) is 17.5. The van der Waals surface area contributed by atoms with Crippen LogP contribution in [0.15, 0.2) is 46.9 Å². The molecule has 2 amide bonds. The van der Waals surface area contributed by atoms with E-state index in [0.29, 0.717) is 11.6 Å². The van der Waals surface area contributed by atoms with Gasteiger partial charge in [0.25, 0.3) is 0 Å². The maximum absolute atomic E-state index is 12.2. The second-order valence-corrected chi connectivity index (χ2v) is 7.84. The van der Waals surface area contributed by atoms with Gasteiger partial charge in [-0.25, -0.2) is 4.79 Å². The summed E-state index contributed by atoms with van der Waals surface area (Å²) in [4.78, 5) is 14.5. The lowest BCUT2D eigenvalue weighted by Crippen LogP contribution is -2.47. The Bertz CT molecular complexity index is 777. The molecule has 1 saturated heterocycles. The quantitative estimate of drug-likeness (QED) is 0.698. The average molecular weight is 453 g/mol. The average Bonchev–Trinajstić information content (AvgIpc) is 2.68. The molecule has 144 valence electrons. The number of rotatable bonds is 5. The Labute approximate surface area is 173 Å². The molecule has 1 fully saturated rings. The predicted molar refractivity (Wildman–Crippen MR) is 113 cm³/mol. The van der Waals surface area contributed by atoms with E-state index in [9.17, 15) is 4.79 Å². The maximum atomic E-state index is 12.2. The largest absolute Gasteiger partial charge is 0.497 e. The lowest BCUT2D eigenvalue weighted by Gasteiger charge is -2.34.